The van der Waals surface area contributed by atoms with E-state index in [2.05, 4.69) is 49.2 Å². The number of fused-ring (bicyclic) bond motifs is 2. The Morgan fingerprint density at radius 1 is 1.23 bits per heavy atom. The Balaban J connectivity index is 1.18. The second-order valence-electron chi connectivity index (χ2n) is 8.61. The summed E-state index contributed by atoms with van der Waals surface area (Å²) in [4.78, 5) is 26.6. The molecule has 7 heteroatoms. The number of rotatable bonds is 7. The van der Waals surface area contributed by atoms with Crippen molar-refractivity contribution in [3.63, 3.8) is 0 Å². The first-order valence-electron chi connectivity index (χ1n) is 10.9. The second-order valence-corrected chi connectivity index (χ2v) is 8.61. The Morgan fingerprint density at radius 2 is 2.03 bits per heavy atom. The zero-order valence-electron chi connectivity index (χ0n) is 18.0. The van der Waals surface area contributed by atoms with Gasteiger partial charge in [-0.3, -0.25) is 19.7 Å². The van der Waals surface area contributed by atoms with Crippen molar-refractivity contribution in [1.29, 1.82) is 0 Å². The minimum Gasteiger partial charge on any atom is -0.387 e. The lowest BCUT2D eigenvalue weighted by atomic mass is 10.1. The molecule has 3 aromatic rings. The number of aryl methyl sites for hydroxylation is 1. The van der Waals surface area contributed by atoms with Crippen molar-refractivity contribution in [2.24, 2.45) is 11.8 Å². The standard InChI is InChI=1S/C24H28N6O/c1-4-16-8-21-22(29-24(16)31)7-15(9-26-21)11-30-12-18-19(13-30)23(18)28-17-5-6-20(27-10-17)14(2)25-3/h5-10,18-19,23,25,28H,2,4,11-13H2,1,3H3,(H,29,31). The first kappa shape index (κ1) is 19.8. The molecule has 2 aliphatic rings. The van der Waals surface area contributed by atoms with Crippen LogP contribution in [0.1, 0.15) is 23.7 Å². The third-order valence-corrected chi connectivity index (χ3v) is 6.59. The van der Waals surface area contributed by atoms with E-state index in [0.29, 0.717) is 24.3 Å². The Kier molecular flexibility index (Phi) is 4.98. The fourth-order valence-electron chi connectivity index (χ4n) is 4.71. The number of piperidine rings is 1. The van der Waals surface area contributed by atoms with E-state index in [9.17, 15) is 4.79 Å². The molecule has 7 nitrogen and oxygen atoms in total. The van der Waals surface area contributed by atoms with Gasteiger partial charge in [0.2, 0.25) is 0 Å². The molecule has 5 rings (SSSR count). The summed E-state index contributed by atoms with van der Waals surface area (Å²) in [6.07, 6.45) is 4.53. The van der Waals surface area contributed by atoms with Gasteiger partial charge in [-0.25, -0.2) is 0 Å². The third kappa shape index (κ3) is 3.81. The van der Waals surface area contributed by atoms with E-state index in [1.54, 1.807) is 0 Å². The van der Waals surface area contributed by atoms with E-state index in [-0.39, 0.29) is 5.56 Å². The van der Waals surface area contributed by atoms with Crippen molar-refractivity contribution >= 4 is 22.4 Å². The molecule has 1 saturated heterocycles. The molecule has 3 aromatic heterocycles. The number of nitrogens with zero attached hydrogens (tertiary/aromatic N) is 3. The minimum atomic E-state index is -0.0110. The van der Waals surface area contributed by atoms with Crippen LogP contribution in [0.15, 0.2) is 48.0 Å². The molecule has 4 heterocycles. The summed E-state index contributed by atoms with van der Waals surface area (Å²) in [5, 5.41) is 6.66. The summed E-state index contributed by atoms with van der Waals surface area (Å²) in [5.41, 5.74) is 6.34. The van der Waals surface area contributed by atoms with Crippen molar-refractivity contribution in [2.75, 3.05) is 25.5 Å². The zero-order chi connectivity index (χ0) is 21.5. The van der Waals surface area contributed by atoms with Crippen molar-refractivity contribution in [1.82, 2.24) is 25.2 Å². The fraction of sp³-hybridized carbons (Fsp3) is 0.375. The van der Waals surface area contributed by atoms with E-state index in [4.69, 9.17) is 0 Å². The lowest BCUT2D eigenvalue weighted by molar-refractivity contribution is 0.292. The largest absolute Gasteiger partial charge is 0.387 e. The van der Waals surface area contributed by atoms with E-state index in [0.717, 1.165) is 58.9 Å². The summed E-state index contributed by atoms with van der Waals surface area (Å²) >= 11 is 0. The summed E-state index contributed by atoms with van der Waals surface area (Å²) in [7, 11) is 1.85. The van der Waals surface area contributed by atoms with Gasteiger partial charge in [0.05, 0.1) is 34.3 Å². The number of hydrogen-bond donors (Lipinski definition) is 3. The predicted octanol–water partition coefficient (Wildman–Crippen LogP) is 2.61. The van der Waals surface area contributed by atoms with Gasteiger partial charge in [0.15, 0.2) is 0 Å². The molecule has 1 aliphatic carbocycles. The lowest BCUT2D eigenvalue weighted by Gasteiger charge is -2.20. The van der Waals surface area contributed by atoms with Crippen LogP contribution in [-0.2, 0) is 13.0 Å². The number of pyridine rings is 3. The Hall–Kier alpha value is -3.19. The SMILES string of the molecule is C=C(NC)c1ccc(NC2C3CN(Cc4cnc5cc(CC)c(=O)[nH]c5c4)CC32)cn1. The van der Waals surface area contributed by atoms with Crippen LogP contribution in [0.5, 0.6) is 0 Å². The van der Waals surface area contributed by atoms with Crippen LogP contribution in [0.2, 0.25) is 0 Å². The smallest absolute Gasteiger partial charge is 0.251 e. The maximum absolute atomic E-state index is 12.1. The highest BCUT2D eigenvalue weighted by molar-refractivity contribution is 5.74. The third-order valence-electron chi connectivity index (χ3n) is 6.59. The van der Waals surface area contributed by atoms with Gasteiger partial charge in [0.25, 0.3) is 5.56 Å². The van der Waals surface area contributed by atoms with Crippen LogP contribution < -0.4 is 16.2 Å². The van der Waals surface area contributed by atoms with Crippen molar-refractivity contribution < 1.29 is 0 Å². The zero-order valence-corrected chi connectivity index (χ0v) is 18.0. The number of aromatic nitrogens is 3. The molecule has 31 heavy (non-hydrogen) atoms. The molecule has 3 N–H and O–H groups in total. The lowest BCUT2D eigenvalue weighted by Crippen LogP contribution is -2.27. The Morgan fingerprint density at radius 3 is 2.71 bits per heavy atom. The van der Waals surface area contributed by atoms with Gasteiger partial charge >= 0.3 is 0 Å². The maximum atomic E-state index is 12.1. The van der Waals surface area contributed by atoms with E-state index in [1.165, 1.54) is 0 Å². The normalized spacial score (nSPS) is 22.3. The monoisotopic (exact) mass is 416 g/mol. The minimum absolute atomic E-state index is 0.0110. The highest BCUT2D eigenvalue weighted by atomic mass is 16.1. The van der Waals surface area contributed by atoms with Crippen LogP contribution in [0.4, 0.5) is 5.69 Å². The first-order valence-corrected chi connectivity index (χ1v) is 10.9. The summed E-state index contributed by atoms with van der Waals surface area (Å²) in [6.45, 7) is 8.94. The Bertz CT molecular complexity index is 1170. The summed E-state index contributed by atoms with van der Waals surface area (Å²) in [5.74, 6) is 1.35. The van der Waals surface area contributed by atoms with Gasteiger partial charge in [-0.15, -0.1) is 0 Å². The fourth-order valence-corrected chi connectivity index (χ4v) is 4.71. The first-order chi connectivity index (χ1) is 15.1. The van der Waals surface area contributed by atoms with Crippen LogP contribution in [0.25, 0.3) is 16.7 Å². The molecule has 2 fully saturated rings. The summed E-state index contributed by atoms with van der Waals surface area (Å²) in [6, 6.07) is 8.55. The van der Waals surface area contributed by atoms with Crippen molar-refractivity contribution in [2.45, 2.75) is 25.9 Å². The van der Waals surface area contributed by atoms with Gasteiger partial charge in [-0.2, -0.15) is 0 Å². The average molecular weight is 417 g/mol. The number of likely N-dealkylation sites (tertiary alicyclic amines) is 1. The molecular formula is C24H28N6O. The average Bonchev–Trinajstić information content (AvgIpc) is 3.22. The van der Waals surface area contributed by atoms with E-state index in [1.807, 2.05) is 38.5 Å². The van der Waals surface area contributed by atoms with E-state index < -0.39 is 0 Å². The van der Waals surface area contributed by atoms with Gasteiger partial charge in [-0.05, 0) is 48.1 Å². The summed E-state index contributed by atoms with van der Waals surface area (Å²) < 4.78 is 0. The highest BCUT2D eigenvalue weighted by Crippen LogP contribution is 2.47. The Labute approximate surface area is 181 Å². The number of H-pyrrole nitrogens is 1. The maximum Gasteiger partial charge on any atom is 0.251 e. The molecule has 0 bridgehead atoms. The van der Waals surface area contributed by atoms with Crippen LogP contribution in [0.3, 0.4) is 0 Å². The van der Waals surface area contributed by atoms with Gasteiger partial charge in [-0.1, -0.05) is 13.5 Å². The number of hydrogen-bond acceptors (Lipinski definition) is 6. The van der Waals surface area contributed by atoms with E-state index >= 15 is 0 Å². The topological polar surface area (TPSA) is 85.9 Å². The van der Waals surface area contributed by atoms with Crippen molar-refractivity contribution in [3.8, 4) is 0 Å². The molecule has 0 aromatic carbocycles. The quantitative estimate of drug-likeness (QED) is 0.549. The van der Waals surface area contributed by atoms with Crippen molar-refractivity contribution in [3.05, 3.63) is 70.4 Å². The highest BCUT2D eigenvalue weighted by Gasteiger charge is 2.55. The molecular weight excluding hydrogens is 388 g/mol. The van der Waals surface area contributed by atoms with Crippen LogP contribution in [0, 0.1) is 11.8 Å². The van der Waals surface area contributed by atoms with Gasteiger partial charge in [0, 0.05) is 44.5 Å². The predicted molar refractivity (Wildman–Crippen MR) is 124 cm³/mol. The second kappa shape index (κ2) is 7.81. The molecule has 0 spiro atoms. The number of nitrogens with one attached hydrogen (secondary N) is 3. The molecule has 2 atom stereocenters. The molecule has 1 saturated carbocycles. The molecule has 0 amide bonds. The molecule has 1 aliphatic heterocycles. The van der Waals surface area contributed by atoms with Gasteiger partial charge < -0.3 is 15.6 Å². The molecule has 160 valence electrons. The number of aromatic amines is 1. The number of anilines is 1. The van der Waals surface area contributed by atoms with Gasteiger partial charge in [0.1, 0.15) is 0 Å². The van der Waals surface area contributed by atoms with Crippen LogP contribution >= 0.6 is 0 Å². The molecule has 2 unspecified atom stereocenters. The molecule has 0 radical (unpaired) electrons. The van der Waals surface area contributed by atoms with Crippen LogP contribution in [-0.4, -0.2) is 46.0 Å².